The smallest absolute Gasteiger partial charge is 0.333 e. The normalized spacial score (nSPS) is 17.1. The Labute approximate surface area is 99.0 Å². The van der Waals surface area contributed by atoms with Crippen molar-refractivity contribution in [3.8, 4) is 0 Å². The van der Waals surface area contributed by atoms with Gasteiger partial charge in [0.15, 0.2) is 6.10 Å². The number of hydrogen-bond acceptors (Lipinski definition) is 2. The summed E-state index contributed by atoms with van der Waals surface area (Å²) in [6, 6.07) is 7.31. The molecule has 1 N–H and O–H groups in total. The summed E-state index contributed by atoms with van der Waals surface area (Å²) in [5.41, 5.74) is 0.830. The molecule has 16 heavy (non-hydrogen) atoms. The minimum Gasteiger partial charge on any atom is -0.479 e. The van der Waals surface area contributed by atoms with Gasteiger partial charge in [0, 0.05) is 5.02 Å². The fourth-order valence-electron chi connectivity index (χ4n) is 1.60. The Bertz CT molecular complexity index is 388. The zero-order valence-corrected chi connectivity index (χ0v) is 9.48. The maximum absolute atomic E-state index is 10.9. The van der Waals surface area contributed by atoms with Crippen LogP contribution in [-0.4, -0.2) is 17.2 Å². The van der Waals surface area contributed by atoms with Gasteiger partial charge in [-0.3, -0.25) is 0 Å². The first-order valence-electron chi connectivity index (χ1n) is 5.26. The molecule has 0 saturated heterocycles. The zero-order valence-electron chi connectivity index (χ0n) is 8.73. The fourth-order valence-corrected chi connectivity index (χ4v) is 1.79. The quantitative estimate of drug-likeness (QED) is 0.861. The Kier molecular flexibility index (Phi) is 3.46. The molecule has 86 valence electrons. The van der Waals surface area contributed by atoms with Crippen LogP contribution in [0.3, 0.4) is 0 Å². The minimum absolute atomic E-state index is 0.181. The van der Waals surface area contributed by atoms with Crippen molar-refractivity contribution in [1.29, 1.82) is 0 Å². The predicted molar refractivity (Wildman–Crippen MR) is 60.4 cm³/mol. The van der Waals surface area contributed by atoms with E-state index in [1.807, 2.05) is 18.2 Å². The molecule has 0 bridgehead atoms. The Hall–Kier alpha value is -1.06. The lowest BCUT2D eigenvalue weighted by Crippen LogP contribution is -2.25. The van der Waals surface area contributed by atoms with Gasteiger partial charge in [-0.25, -0.2) is 4.79 Å². The summed E-state index contributed by atoms with van der Waals surface area (Å²) in [6.45, 7) is 0.257. The molecule has 1 unspecified atom stereocenters. The number of benzene rings is 1. The fraction of sp³-hybridized carbons (Fsp3) is 0.417. The van der Waals surface area contributed by atoms with E-state index in [2.05, 4.69) is 0 Å². The van der Waals surface area contributed by atoms with Crippen molar-refractivity contribution in [2.75, 3.05) is 0 Å². The summed E-state index contributed by atoms with van der Waals surface area (Å²) in [5, 5.41) is 9.59. The van der Waals surface area contributed by atoms with Gasteiger partial charge in [-0.15, -0.1) is 0 Å². The molecule has 0 amide bonds. The number of carbonyl (C=O) groups is 1. The second-order valence-corrected chi connectivity index (χ2v) is 4.41. The van der Waals surface area contributed by atoms with Crippen molar-refractivity contribution < 1.29 is 14.6 Å². The van der Waals surface area contributed by atoms with Gasteiger partial charge in [-0.05, 0) is 30.4 Å². The zero-order chi connectivity index (χ0) is 11.5. The van der Waals surface area contributed by atoms with Gasteiger partial charge < -0.3 is 9.84 Å². The van der Waals surface area contributed by atoms with E-state index < -0.39 is 12.1 Å². The molecule has 1 aromatic rings. The van der Waals surface area contributed by atoms with Crippen LogP contribution < -0.4 is 0 Å². The number of rotatable bonds is 5. The van der Waals surface area contributed by atoms with E-state index in [4.69, 9.17) is 21.4 Å². The average Bonchev–Trinajstić information content (AvgIpc) is 3.04. The van der Waals surface area contributed by atoms with Crippen molar-refractivity contribution in [2.45, 2.75) is 25.6 Å². The maximum atomic E-state index is 10.9. The largest absolute Gasteiger partial charge is 0.479 e. The van der Waals surface area contributed by atoms with Crippen LogP contribution in [0, 0.1) is 5.92 Å². The molecule has 1 aromatic carbocycles. The van der Waals surface area contributed by atoms with Crippen molar-refractivity contribution in [1.82, 2.24) is 0 Å². The summed E-state index contributed by atoms with van der Waals surface area (Å²) >= 11 is 5.96. The topological polar surface area (TPSA) is 46.5 Å². The Morgan fingerprint density at radius 2 is 2.19 bits per heavy atom. The van der Waals surface area contributed by atoms with Crippen molar-refractivity contribution >= 4 is 17.6 Å². The molecule has 3 nitrogen and oxygen atoms in total. The van der Waals surface area contributed by atoms with Crippen molar-refractivity contribution in [3.63, 3.8) is 0 Å². The van der Waals surface area contributed by atoms with Crippen LogP contribution >= 0.6 is 11.6 Å². The van der Waals surface area contributed by atoms with Gasteiger partial charge in [0.2, 0.25) is 0 Å². The van der Waals surface area contributed by atoms with E-state index in [1.165, 1.54) is 0 Å². The lowest BCUT2D eigenvalue weighted by Gasteiger charge is -2.13. The lowest BCUT2D eigenvalue weighted by molar-refractivity contribution is -0.152. The molecular weight excluding hydrogens is 228 g/mol. The SMILES string of the molecule is O=C(O)C(OCc1ccccc1Cl)C1CC1. The van der Waals surface area contributed by atoms with Crippen LogP contribution in [0.5, 0.6) is 0 Å². The van der Waals surface area contributed by atoms with Crippen LogP contribution in [0.1, 0.15) is 18.4 Å². The third-order valence-electron chi connectivity index (χ3n) is 2.67. The van der Waals surface area contributed by atoms with E-state index in [0.717, 1.165) is 18.4 Å². The summed E-state index contributed by atoms with van der Waals surface area (Å²) in [5.74, 6) is -0.699. The molecule has 4 heteroatoms. The van der Waals surface area contributed by atoms with E-state index in [0.29, 0.717) is 5.02 Å². The highest BCUT2D eigenvalue weighted by Gasteiger charge is 2.37. The van der Waals surface area contributed by atoms with Gasteiger partial charge in [0.05, 0.1) is 6.61 Å². The monoisotopic (exact) mass is 240 g/mol. The highest BCUT2D eigenvalue weighted by atomic mass is 35.5. The number of hydrogen-bond donors (Lipinski definition) is 1. The number of carboxylic acids is 1. The van der Waals surface area contributed by atoms with Crippen LogP contribution in [0.15, 0.2) is 24.3 Å². The number of aliphatic carboxylic acids is 1. The van der Waals surface area contributed by atoms with E-state index in [-0.39, 0.29) is 12.5 Å². The van der Waals surface area contributed by atoms with Gasteiger partial charge in [0.1, 0.15) is 0 Å². The molecule has 0 aliphatic heterocycles. The summed E-state index contributed by atoms with van der Waals surface area (Å²) in [6.07, 6.45) is 1.20. The molecule has 0 radical (unpaired) electrons. The molecule has 1 aliphatic carbocycles. The maximum Gasteiger partial charge on any atom is 0.333 e. The van der Waals surface area contributed by atoms with E-state index in [1.54, 1.807) is 6.07 Å². The summed E-state index contributed by atoms with van der Waals surface area (Å²) < 4.78 is 5.41. The molecule has 1 atom stereocenters. The molecular formula is C12H13ClO3. The first kappa shape index (κ1) is 11.4. The van der Waals surface area contributed by atoms with Gasteiger partial charge in [-0.1, -0.05) is 29.8 Å². The molecule has 0 spiro atoms. The van der Waals surface area contributed by atoms with Crippen LogP contribution in [0.2, 0.25) is 5.02 Å². The highest BCUT2D eigenvalue weighted by molar-refractivity contribution is 6.31. The third kappa shape index (κ3) is 2.74. The lowest BCUT2D eigenvalue weighted by atomic mass is 10.2. The van der Waals surface area contributed by atoms with Crippen LogP contribution in [-0.2, 0) is 16.1 Å². The Morgan fingerprint density at radius 3 is 2.75 bits per heavy atom. The van der Waals surface area contributed by atoms with E-state index in [9.17, 15) is 4.79 Å². The standard InChI is InChI=1S/C12H13ClO3/c13-10-4-2-1-3-9(10)7-16-11(12(14)15)8-5-6-8/h1-4,8,11H,5-7H2,(H,14,15). The molecule has 2 rings (SSSR count). The average molecular weight is 241 g/mol. The Morgan fingerprint density at radius 1 is 1.50 bits per heavy atom. The first-order chi connectivity index (χ1) is 7.68. The molecule has 0 aromatic heterocycles. The molecule has 0 heterocycles. The molecule has 1 saturated carbocycles. The second-order valence-electron chi connectivity index (χ2n) is 4.00. The van der Waals surface area contributed by atoms with Crippen LogP contribution in [0.4, 0.5) is 0 Å². The number of carboxylic acid groups (broad SMARTS) is 1. The van der Waals surface area contributed by atoms with Crippen LogP contribution in [0.25, 0.3) is 0 Å². The summed E-state index contributed by atoms with van der Waals surface area (Å²) in [4.78, 5) is 10.9. The van der Waals surface area contributed by atoms with E-state index >= 15 is 0 Å². The summed E-state index contributed by atoms with van der Waals surface area (Å²) in [7, 11) is 0. The predicted octanol–water partition coefficient (Wildman–Crippen LogP) is 2.72. The molecule has 1 aliphatic rings. The minimum atomic E-state index is -0.880. The Balaban J connectivity index is 1.95. The van der Waals surface area contributed by atoms with Crippen molar-refractivity contribution in [3.05, 3.63) is 34.9 Å². The molecule has 1 fully saturated rings. The number of ether oxygens (including phenoxy) is 1. The third-order valence-corrected chi connectivity index (χ3v) is 3.04. The number of halogens is 1. The first-order valence-corrected chi connectivity index (χ1v) is 5.64. The van der Waals surface area contributed by atoms with Gasteiger partial charge >= 0.3 is 5.97 Å². The van der Waals surface area contributed by atoms with Gasteiger partial charge in [-0.2, -0.15) is 0 Å². The van der Waals surface area contributed by atoms with Gasteiger partial charge in [0.25, 0.3) is 0 Å². The van der Waals surface area contributed by atoms with Crippen molar-refractivity contribution in [2.24, 2.45) is 5.92 Å². The second kappa shape index (κ2) is 4.85. The highest BCUT2D eigenvalue weighted by Crippen LogP contribution is 2.35.